The highest BCUT2D eigenvalue weighted by molar-refractivity contribution is 5.24. The third-order valence-corrected chi connectivity index (χ3v) is 0.850. The molecule has 0 aliphatic carbocycles. The Labute approximate surface area is 55.0 Å². The highest BCUT2D eigenvalue weighted by Crippen LogP contribution is 1.95. The van der Waals surface area contributed by atoms with Crippen LogP contribution in [0.25, 0.3) is 0 Å². The number of hydrogen-bond donors (Lipinski definition) is 2. The molecule has 0 aromatic rings. The van der Waals surface area contributed by atoms with Gasteiger partial charge in [0.2, 0.25) is 0 Å². The van der Waals surface area contributed by atoms with Crippen molar-refractivity contribution in [3.8, 4) is 0 Å². The molecule has 0 saturated carbocycles. The molecule has 0 spiro atoms. The zero-order valence-electron chi connectivity index (χ0n) is 5.30. The van der Waals surface area contributed by atoms with E-state index in [4.69, 9.17) is 10.8 Å². The number of allylic oxidation sites excluding steroid dienone is 1. The van der Waals surface area contributed by atoms with Gasteiger partial charge in [0.25, 0.3) is 0 Å². The predicted octanol–water partition coefficient (Wildman–Crippen LogP) is 1.13. The van der Waals surface area contributed by atoms with Crippen LogP contribution in [0, 0.1) is 0 Å². The molecule has 0 aliphatic rings. The Hall–Kier alpha value is -1.02. The van der Waals surface area contributed by atoms with Crippen LogP contribution in [-0.4, -0.2) is 11.7 Å². The van der Waals surface area contributed by atoms with Crippen LogP contribution in [0.2, 0.25) is 0 Å². The van der Waals surface area contributed by atoms with Crippen molar-refractivity contribution in [3.05, 3.63) is 36.6 Å². The number of rotatable bonds is 3. The molecule has 0 radical (unpaired) electrons. The number of aliphatic hydroxyl groups is 1. The molecular weight excluding hydrogens is 114 g/mol. The van der Waals surface area contributed by atoms with Crippen LogP contribution in [0.3, 0.4) is 0 Å². The summed E-state index contributed by atoms with van der Waals surface area (Å²) in [6.45, 7) is 7.13. The molecule has 0 amide bonds. The molecule has 0 rings (SSSR count). The Bertz CT molecular complexity index is 147. The van der Waals surface area contributed by atoms with Gasteiger partial charge >= 0.3 is 0 Å². The summed E-state index contributed by atoms with van der Waals surface area (Å²) in [5.41, 5.74) is 6.02. The minimum atomic E-state index is 0.00958. The predicted molar refractivity (Wildman–Crippen MR) is 39.1 cm³/mol. The van der Waals surface area contributed by atoms with Gasteiger partial charge < -0.3 is 10.8 Å². The fraction of sp³-hybridized carbons (Fsp3) is 0.143. The van der Waals surface area contributed by atoms with Gasteiger partial charge in [0.15, 0.2) is 0 Å². The van der Waals surface area contributed by atoms with E-state index in [0.717, 1.165) is 5.57 Å². The molecule has 0 aromatic carbocycles. The topological polar surface area (TPSA) is 46.2 Å². The summed E-state index contributed by atoms with van der Waals surface area (Å²) < 4.78 is 0. The molecule has 0 heterocycles. The van der Waals surface area contributed by atoms with Gasteiger partial charge in [-0.3, -0.25) is 0 Å². The fourth-order valence-corrected chi connectivity index (χ4v) is 0.415. The van der Waals surface area contributed by atoms with Crippen molar-refractivity contribution in [2.24, 2.45) is 5.73 Å². The molecule has 0 atom stereocenters. The molecule has 2 nitrogen and oxygen atoms in total. The van der Waals surface area contributed by atoms with Crippen molar-refractivity contribution in [2.45, 2.75) is 0 Å². The fourth-order valence-electron chi connectivity index (χ4n) is 0.415. The van der Waals surface area contributed by atoms with Gasteiger partial charge in [-0.25, -0.2) is 0 Å². The Morgan fingerprint density at radius 2 is 2.22 bits per heavy atom. The lowest BCUT2D eigenvalue weighted by molar-refractivity contribution is 0.434. The van der Waals surface area contributed by atoms with Crippen molar-refractivity contribution >= 4 is 0 Å². The van der Waals surface area contributed by atoms with Gasteiger partial charge in [-0.15, -0.1) is 0 Å². The highest BCUT2D eigenvalue weighted by Gasteiger charge is 1.85. The second kappa shape index (κ2) is 3.92. The molecule has 0 aromatic heterocycles. The molecule has 0 fully saturated rings. The van der Waals surface area contributed by atoms with Gasteiger partial charge in [-0.05, 0) is 11.6 Å². The minimum absolute atomic E-state index is 0.00958. The van der Waals surface area contributed by atoms with Crippen molar-refractivity contribution in [2.75, 3.05) is 6.54 Å². The largest absolute Gasteiger partial charge is 0.509 e. The Balaban J connectivity index is 4.07. The lowest BCUT2D eigenvalue weighted by atomic mass is 10.2. The maximum atomic E-state index is 8.61. The summed E-state index contributed by atoms with van der Waals surface area (Å²) in [5.74, 6) is 0.00958. The summed E-state index contributed by atoms with van der Waals surface area (Å²) in [7, 11) is 0. The van der Waals surface area contributed by atoms with Crippen LogP contribution in [0.15, 0.2) is 36.6 Å². The molecule has 2 heteroatoms. The quantitative estimate of drug-likeness (QED) is 0.438. The minimum Gasteiger partial charge on any atom is -0.509 e. The van der Waals surface area contributed by atoms with E-state index in [1.807, 2.05) is 0 Å². The van der Waals surface area contributed by atoms with Gasteiger partial charge in [0.05, 0.1) is 0 Å². The average molecular weight is 125 g/mol. The number of nitrogens with two attached hydrogens (primary N) is 1. The van der Waals surface area contributed by atoms with E-state index in [9.17, 15) is 0 Å². The van der Waals surface area contributed by atoms with Crippen LogP contribution in [0.1, 0.15) is 0 Å². The maximum Gasteiger partial charge on any atom is 0.108 e. The third-order valence-electron chi connectivity index (χ3n) is 0.850. The molecule has 3 N–H and O–H groups in total. The first-order valence-corrected chi connectivity index (χ1v) is 2.61. The van der Waals surface area contributed by atoms with E-state index in [2.05, 4.69) is 13.2 Å². The van der Waals surface area contributed by atoms with E-state index in [0.29, 0.717) is 6.54 Å². The van der Waals surface area contributed by atoms with Gasteiger partial charge in [0, 0.05) is 6.54 Å². The summed E-state index contributed by atoms with van der Waals surface area (Å²) in [6.07, 6.45) is 3.06. The van der Waals surface area contributed by atoms with Gasteiger partial charge in [0.1, 0.15) is 5.76 Å². The number of aliphatic hydroxyl groups excluding tert-OH is 1. The second-order valence-corrected chi connectivity index (χ2v) is 1.62. The molecule has 0 bridgehead atoms. The first-order valence-electron chi connectivity index (χ1n) is 2.61. The zero-order valence-corrected chi connectivity index (χ0v) is 5.30. The summed E-state index contributed by atoms with van der Waals surface area (Å²) in [5, 5.41) is 8.61. The van der Waals surface area contributed by atoms with E-state index in [1.165, 1.54) is 6.08 Å². The Morgan fingerprint density at radius 1 is 1.67 bits per heavy atom. The molecule has 0 unspecified atom stereocenters. The van der Waals surface area contributed by atoms with E-state index < -0.39 is 0 Å². The zero-order chi connectivity index (χ0) is 7.28. The van der Waals surface area contributed by atoms with Crippen LogP contribution in [0.5, 0.6) is 0 Å². The summed E-state index contributed by atoms with van der Waals surface area (Å²) in [4.78, 5) is 0. The summed E-state index contributed by atoms with van der Waals surface area (Å²) in [6, 6.07) is 0. The first kappa shape index (κ1) is 7.98. The van der Waals surface area contributed by atoms with Gasteiger partial charge in [-0.2, -0.15) is 0 Å². The van der Waals surface area contributed by atoms with E-state index in [-0.39, 0.29) is 5.76 Å². The number of hydrogen-bond acceptors (Lipinski definition) is 2. The van der Waals surface area contributed by atoms with E-state index >= 15 is 0 Å². The third kappa shape index (κ3) is 3.55. The van der Waals surface area contributed by atoms with Crippen molar-refractivity contribution < 1.29 is 5.11 Å². The average Bonchev–Trinajstić information content (AvgIpc) is 1.82. The summed E-state index contributed by atoms with van der Waals surface area (Å²) >= 11 is 0. The lowest BCUT2D eigenvalue weighted by Crippen LogP contribution is -2.00. The maximum absolute atomic E-state index is 8.61. The monoisotopic (exact) mass is 125 g/mol. The molecule has 0 saturated heterocycles. The molecule has 0 aliphatic heterocycles. The molecule has 50 valence electrons. The SMILES string of the molecule is C=C/C(=C\C(=C)O)CN. The van der Waals surface area contributed by atoms with Crippen LogP contribution >= 0.6 is 0 Å². The molecular formula is C7H11NO. The van der Waals surface area contributed by atoms with Crippen LogP contribution in [-0.2, 0) is 0 Å². The first-order chi connectivity index (χ1) is 4.20. The molecule has 9 heavy (non-hydrogen) atoms. The van der Waals surface area contributed by atoms with Crippen molar-refractivity contribution in [3.63, 3.8) is 0 Å². The second-order valence-electron chi connectivity index (χ2n) is 1.62. The Morgan fingerprint density at radius 3 is 2.33 bits per heavy atom. The Kier molecular flexibility index (Phi) is 3.48. The smallest absolute Gasteiger partial charge is 0.108 e. The lowest BCUT2D eigenvalue weighted by Gasteiger charge is -1.93. The van der Waals surface area contributed by atoms with Crippen LogP contribution in [0.4, 0.5) is 0 Å². The van der Waals surface area contributed by atoms with Crippen molar-refractivity contribution in [1.29, 1.82) is 0 Å². The normalized spacial score (nSPS) is 11.0. The van der Waals surface area contributed by atoms with E-state index in [1.54, 1.807) is 6.08 Å². The van der Waals surface area contributed by atoms with Crippen LogP contribution < -0.4 is 5.73 Å². The van der Waals surface area contributed by atoms with Crippen molar-refractivity contribution in [1.82, 2.24) is 0 Å². The standard InChI is InChI=1S/C7H11NO/c1-3-7(5-8)4-6(2)9/h3-4,9H,1-2,5,8H2/b7-4+. The van der Waals surface area contributed by atoms with Gasteiger partial charge in [-0.1, -0.05) is 19.2 Å². The highest BCUT2D eigenvalue weighted by atomic mass is 16.3.